The molecule has 0 amide bonds. The van der Waals surface area contributed by atoms with Crippen LogP contribution in [0.4, 0.5) is 5.82 Å². The molecule has 1 saturated heterocycles. The van der Waals surface area contributed by atoms with Crippen molar-refractivity contribution in [3.05, 3.63) is 18.1 Å². The summed E-state index contributed by atoms with van der Waals surface area (Å²) in [7, 11) is 1.29. The molecule has 92 valence electrons. The standard InChI is InChI=1S/C11H15N3O3/c1-17-11(16)10-12-5-4-9(13-10)14-6-2-3-8(15)7-14/h4-5,8,15H,2-3,6-7H2,1H3. The van der Waals surface area contributed by atoms with Crippen molar-refractivity contribution in [2.45, 2.75) is 18.9 Å². The molecule has 0 bridgehead atoms. The quantitative estimate of drug-likeness (QED) is 0.742. The summed E-state index contributed by atoms with van der Waals surface area (Å²) in [5.74, 6) is 0.147. The molecule has 1 aliphatic rings. The zero-order valence-corrected chi connectivity index (χ0v) is 9.67. The normalized spacial score (nSPS) is 20.1. The Labute approximate surface area is 99.2 Å². The lowest BCUT2D eigenvalue weighted by atomic mass is 10.1. The molecule has 0 saturated carbocycles. The molecule has 1 aromatic heterocycles. The van der Waals surface area contributed by atoms with Gasteiger partial charge in [0, 0.05) is 19.3 Å². The molecule has 0 aliphatic carbocycles. The van der Waals surface area contributed by atoms with Crippen molar-refractivity contribution in [2.24, 2.45) is 0 Å². The van der Waals surface area contributed by atoms with Crippen LogP contribution in [0.15, 0.2) is 12.3 Å². The van der Waals surface area contributed by atoms with Crippen molar-refractivity contribution >= 4 is 11.8 Å². The number of hydrogen-bond acceptors (Lipinski definition) is 6. The zero-order valence-electron chi connectivity index (χ0n) is 9.67. The molecule has 1 atom stereocenters. The first-order valence-corrected chi connectivity index (χ1v) is 5.55. The van der Waals surface area contributed by atoms with Crippen LogP contribution < -0.4 is 4.90 Å². The SMILES string of the molecule is COC(=O)c1nccc(N2CCCC(O)C2)n1. The molecule has 1 N–H and O–H groups in total. The zero-order chi connectivity index (χ0) is 12.3. The van der Waals surface area contributed by atoms with Gasteiger partial charge in [0.2, 0.25) is 5.82 Å². The molecule has 1 aromatic rings. The monoisotopic (exact) mass is 237 g/mol. The number of carbonyl (C=O) groups excluding carboxylic acids is 1. The molecule has 0 aromatic carbocycles. The fourth-order valence-corrected chi connectivity index (χ4v) is 1.88. The van der Waals surface area contributed by atoms with Gasteiger partial charge in [0.05, 0.1) is 13.2 Å². The molecule has 1 aliphatic heterocycles. The van der Waals surface area contributed by atoms with Gasteiger partial charge in [0.25, 0.3) is 0 Å². The van der Waals surface area contributed by atoms with Crippen molar-refractivity contribution in [2.75, 3.05) is 25.1 Å². The van der Waals surface area contributed by atoms with E-state index in [1.54, 1.807) is 6.07 Å². The maximum Gasteiger partial charge on any atom is 0.376 e. The van der Waals surface area contributed by atoms with Gasteiger partial charge in [-0.1, -0.05) is 0 Å². The number of piperidine rings is 1. The summed E-state index contributed by atoms with van der Waals surface area (Å²) in [6, 6.07) is 1.73. The predicted molar refractivity (Wildman–Crippen MR) is 60.8 cm³/mol. The van der Waals surface area contributed by atoms with Crippen molar-refractivity contribution < 1.29 is 14.6 Å². The van der Waals surface area contributed by atoms with Gasteiger partial charge in [-0.2, -0.15) is 0 Å². The molecule has 6 heteroatoms. The van der Waals surface area contributed by atoms with Gasteiger partial charge < -0.3 is 14.7 Å². The molecule has 17 heavy (non-hydrogen) atoms. The summed E-state index contributed by atoms with van der Waals surface area (Å²) in [6.07, 6.45) is 2.92. The van der Waals surface area contributed by atoms with E-state index in [0.717, 1.165) is 19.4 Å². The molecule has 2 heterocycles. The third-order valence-corrected chi connectivity index (χ3v) is 2.73. The Hall–Kier alpha value is -1.69. The lowest BCUT2D eigenvalue weighted by molar-refractivity contribution is 0.0586. The van der Waals surface area contributed by atoms with Crippen LogP contribution in [0.3, 0.4) is 0 Å². The van der Waals surface area contributed by atoms with Crippen LogP contribution in [0.2, 0.25) is 0 Å². The first kappa shape index (κ1) is 11.8. The van der Waals surface area contributed by atoms with Gasteiger partial charge in [0.1, 0.15) is 5.82 Å². The van der Waals surface area contributed by atoms with Crippen LogP contribution in [0.5, 0.6) is 0 Å². The summed E-state index contributed by atoms with van der Waals surface area (Å²) in [4.78, 5) is 21.2. The number of esters is 1. The number of hydrogen-bond donors (Lipinski definition) is 1. The van der Waals surface area contributed by atoms with Crippen LogP contribution in [0.25, 0.3) is 0 Å². The van der Waals surface area contributed by atoms with Crippen molar-refractivity contribution in [1.82, 2.24) is 9.97 Å². The number of rotatable bonds is 2. The van der Waals surface area contributed by atoms with Gasteiger partial charge in [0.15, 0.2) is 0 Å². The van der Waals surface area contributed by atoms with Gasteiger partial charge in [-0.3, -0.25) is 0 Å². The maximum atomic E-state index is 11.3. The van der Waals surface area contributed by atoms with Crippen molar-refractivity contribution in [3.63, 3.8) is 0 Å². The van der Waals surface area contributed by atoms with Gasteiger partial charge in [-0.05, 0) is 18.9 Å². The highest BCUT2D eigenvalue weighted by molar-refractivity contribution is 5.85. The highest BCUT2D eigenvalue weighted by atomic mass is 16.5. The van der Waals surface area contributed by atoms with Crippen molar-refractivity contribution in [3.8, 4) is 0 Å². The predicted octanol–water partition coefficient (Wildman–Crippen LogP) is 0.224. The molecule has 1 fully saturated rings. The molecule has 1 unspecified atom stereocenters. The lowest BCUT2D eigenvalue weighted by Crippen LogP contribution is -2.38. The van der Waals surface area contributed by atoms with E-state index in [-0.39, 0.29) is 11.9 Å². The Morgan fingerprint density at radius 2 is 2.47 bits per heavy atom. The van der Waals surface area contributed by atoms with Gasteiger partial charge in [-0.15, -0.1) is 0 Å². The first-order chi connectivity index (χ1) is 8.20. The highest BCUT2D eigenvalue weighted by Gasteiger charge is 2.20. The Morgan fingerprint density at radius 1 is 1.65 bits per heavy atom. The minimum Gasteiger partial charge on any atom is -0.463 e. The van der Waals surface area contributed by atoms with Crippen LogP contribution in [-0.2, 0) is 4.74 Å². The minimum absolute atomic E-state index is 0.0464. The molecule has 6 nitrogen and oxygen atoms in total. The summed E-state index contributed by atoms with van der Waals surface area (Å²) in [6.45, 7) is 1.37. The highest BCUT2D eigenvalue weighted by Crippen LogP contribution is 2.17. The van der Waals surface area contributed by atoms with E-state index in [0.29, 0.717) is 12.4 Å². The number of aliphatic hydroxyl groups excluding tert-OH is 1. The van der Waals surface area contributed by atoms with Gasteiger partial charge in [-0.25, -0.2) is 14.8 Å². The van der Waals surface area contributed by atoms with E-state index in [1.807, 2.05) is 4.90 Å². The third-order valence-electron chi connectivity index (χ3n) is 2.73. The first-order valence-electron chi connectivity index (χ1n) is 5.55. The molecular weight excluding hydrogens is 222 g/mol. The van der Waals surface area contributed by atoms with E-state index in [9.17, 15) is 9.90 Å². The lowest BCUT2D eigenvalue weighted by Gasteiger charge is -2.30. The summed E-state index contributed by atoms with van der Waals surface area (Å²) < 4.78 is 4.57. The number of ether oxygens (including phenoxy) is 1. The number of carbonyl (C=O) groups is 1. The largest absolute Gasteiger partial charge is 0.463 e. The van der Waals surface area contributed by atoms with Gasteiger partial charge >= 0.3 is 5.97 Å². The number of nitrogens with zero attached hydrogens (tertiary/aromatic N) is 3. The number of methoxy groups -OCH3 is 1. The summed E-state index contributed by atoms with van der Waals surface area (Å²) in [5.41, 5.74) is 0. The molecule has 0 spiro atoms. The fourth-order valence-electron chi connectivity index (χ4n) is 1.88. The smallest absolute Gasteiger partial charge is 0.376 e. The van der Waals surface area contributed by atoms with Crippen molar-refractivity contribution in [1.29, 1.82) is 0 Å². The summed E-state index contributed by atoms with van der Waals surface area (Å²) in [5, 5.41) is 9.59. The van der Waals surface area contributed by atoms with Crippen LogP contribution in [0.1, 0.15) is 23.5 Å². The minimum atomic E-state index is -0.551. The van der Waals surface area contributed by atoms with E-state index in [2.05, 4.69) is 14.7 Å². The van der Waals surface area contributed by atoms with E-state index >= 15 is 0 Å². The van der Waals surface area contributed by atoms with E-state index in [1.165, 1.54) is 13.3 Å². The second kappa shape index (κ2) is 5.09. The average Bonchev–Trinajstić information content (AvgIpc) is 2.38. The Kier molecular flexibility index (Phi) is 3.53. The summed E-state index contributed by atoms with van der Waals surface area (Å²) >= 11 is 0. The Bertz CT molecular complexity index is 411. The maximum absolute atomic E-state index is 11.3. The molecule has 2 rings (SSSR count). The Morgan fingerprint density at radius 3 is 3.18 bits per heavy atom. The van der Waals surface area contributed by atoms with Crippen LogP contribution >= 0.6 is 0 Å². The number of aromatic nitrogens is 2. The number of anilines is 1. The molecular formula is C11H15N3O3. The van der Waals surface area contributed by atoms with E-state index in [4.69, 9.17) is 0 Å². The fraction of sp³-hybridized carbons (Fsp3) is 0.545. The average molecular weight is 237 g/mol. The van der Waals surface area contributed by atoms with Crippen LogP contribution in [0, 0.1) is 0 Å². The van der Waals surface area contributed by atoms with E-state index < -0.39 is 5.97 Å². The second-order valence-electron chi connectivity index (χ2n) is 3.97. The topological polar surface area (TPSA) is 75.5 Å². The Balaban J connectivity index is 2.17. The molecule has 0 radical (unpaired) electrons. The number of β-amino-alcohol motifs (C(OH)–C–C–N with tert-alkyl or cyclic N) is 1. The number of aliphatic hydroxyl groups is 1. The van der Waals surface area contributed by atoms with Crippen LogP contribution in [-0.4, -0.2) is 47.3 Å². The second-order valence-corrected chi connectivity index (χ2v) is 3.97. The third kappa shape index (κ3) is 2.71.